The Hall–Kier alpha value is -4.03. The van der Waals surface area contributed by atoms with Crippen LogP contribution in [-0.4, -0.2) is 34.1 Å². The first-order chi connectivity index (χ1) is 19.9. The molecule has 0 aliphatic rings. The molecule has 0 aliphatic carbocycles. The van der Waals surface area contributed by atoms with Crippen molar-refractivity contribution in [3.05, 3.63) is 104 Å². The van der Waals surface area contributed by atoms with Crippen molar-refractivity contribution in [3.8, 4) is 16.8 Å². The molecule has 0 fully saturated rings. The summed E-state index contributed by atoms with van der Waals surface area (Å²) in [6, 6.07) is 17.0. The Morgan fingerprint density at radius 1 is 1.05 bits per heavy atom. The molecule has 216 valence electrons. The van der Waals surface area contributed by atoms with E-state index in [0.29, 0.717) is 35.3 Å². The predicted molar refractivity (Wildman–Crippen MR) is 163 cm³/mol. The molecule has 1 atom stereocenters. The van der Waals surface area contributed by atoms with Crippen LogP contribution in [0.15, 0.2) is 70.4 Å². The predicted octanol–water partition coefficient (Wildman–Crippen LogP) is 4.93. The number of hydrogen-bond donors (Lipinski definition) is 3. The van der Waals surface area contributed by atoms with Gasteiger partial charge in [0, 0.05) is 17.9 Å². The topological polar surface area (TPSA) is 167 Å². The van der Waals surface area contributed by atoms with Crippen LogP contribution in [0.2, 0.25) is 10.0 Å². The molecule has 1 unspecified atom stereocenters. The van der Waals surface area contributed by atoms with Gasteiger partial charge in [-0.15, -0.1) is 0 Å². The quantitative estimate of drug-likeness (QED) is 0.221. The maximum Gasteiger partial charge on any atom is 0.262 e. The first kappa shape index (κ1) is 29.5. The third kappa shape index (κ3) is 5.68. The maximum absolute atomic E-state index is 13.4. The van der Waals surface area contributed by atoms with Crippen molar-refractivity contribution in [2.45, 2.75) is 37.5 Å². The number of carbonyl (C=O) groups excluding carboxylic acids is 1. The van der Waals surface area contributed by atoms with Crippen molar-refractivity contribution < 1.29 is 13.2 Å². The first-order valence-corrected chi connectivity index (χ1v) is 15.2. The van der Waals surface area contributed by atoms with Crippen molar-refractivity contribution in [1.29, 1.82) is 0 Å². The van der Waals surface area contributed by atoms with E-state index in [2.05, 4.69) is 10.1 Å². The zero-order chi connectivity index (χ0) is 30.3. The molecule has 42 heavy (non-hydrogen) atoms. The molecule has 2 aromatic heterocycles. The maximum atomic E-state index is 13.4. The van der Waals surface area contributed by atoms with Gasteiger partial charge in [0.05, 0.1) is 20.6 Å². The van der Waals surface area contributed by atoms with Crippen LogP contribution in [0.4, 0.5) is 0 Å². The van der Waals surface area contributed by atoms with E-state index in [0.717, 1.165) is 16.7 Å². The lowest BCUT2D eigenvalue weighted by Crippen LogP contribution is -2.14. The second-order valence-electron chi connectivity index (χ2n) is 9.92. The molecule has 0 aliphatic heterocycles. The summed E-state index contributed by atoms with van der Waals surface area (Å²) in [4.78, 5) is 32.3. The normalized spacial score (nSPS) is 12.5. The van der Waals surface area contributed by atoms with Crippen LogP contribution >= 0.6 is 23.2 Å². The van der Waals surface area contributed by atoms with Crippen LogP contribution in [0.25, 0.3) is 27.8 Å². The van der Waals surface area contributed by atoms with Crippen molar-refractivity contribution in [2.24, 2.45) is 10.9 Å². The number of amides is 1. The number of halogens is 2. The zero-order valence-electron chi connectivity index (χ0n) is 22.6. The number of H-pyrrole nitrogens is 1. The van der Waals surface area contributed by atoms with Gasteiger partial charge in [0.15, 0.2) is 5.65 Å². The van der Waals surface area contributed by atoms with Crippen LogP contribution in [0, 0.1) is 0 Å². The fourth-order valence-corrected chi connectivity index (χ4v) is 5.98. The van der Waals surface area contributed by atoms with E-state index in [-0.39, 0.29) is 37.8 Å². The van der Waals surface area contributed by atoms with Gasteiger partial charge in [0.25, 0.3) is 5.56 Å². The molecule has 1 amide bonds. The molecule has 5 N–H and O–H groups in total. The van der Waals surface area contributed by atoms with E-state index < -0.39 is 15.9 Å². The molecular weight excluding hydrogens is 599 g/mol. The minimum Gasteiger partial charge on any atom is -0.366 e. The van der Waals surface area contributed by atoms with Crippen LogP contribution in [0.5, 0.6) is 0 Å². The SMILES string of the molecule is CCC(C)c1nn(-c2c(Cl)cc(S(N)(=O)=O)cc2Cl)c2nc(Cc3ccc(-c4cccc(C(N)=O)c4)cc3)[nH]c(=O)c12. The van der Waals surface area contributed by atoms with E-state index in [1.54, 1.807) is 18.2 Å². The fraction of sp³-hybridized carbons (Fsp3) is 0.172. The summed E-state index contributed by atoms with van der Waals surface area (Å²) in [6.07, 6.45) is 0.996. The van der Waals surface area contributed by atoms with Gasteiger partial charge in [0.1, 0.15) is 16.9 Å². The average molecular weight is 626 g/mol. The number of rotatable bonds is 8. The summed E-state index contributed by atoms with van der Waals surface area (Å²) >= 11 is 13.0. The molecule has 5 rings (SSSR count). The monoisotopic (exact) mass is 624 g/mol. The number of primary amides is 1. The summed E-state index contributed by atoms with van der Waals surface area (Å²) in [6.45, 7) is 3.91. The van der Waals surface area contributed by atoms with Gasteiger partial charge < -0.3 is 10.7 Å². The second-order valence-corrected chi connectivity index (χ2v) is 12.3. The molecular formula is C29H26Cl2N6O4S. The minimum absolute atomic E-state index is 0.0220. The summed E-state index contributed by atoms with van der Waals surface area (Å²) < 4.78 is 25.2. The molecule has 10 nitrogen and oxygen atoms in total. The van der Waals surface area contributed by atoms with Crippen LogP contribution in [0.3, 0.4) is 0 Å². The molecule has 0 radical (unpaired) electrons. The van der Waals surface area contributed by atoms with Crippen LogP contribution in [0.1, 0.15) is 53.6 Å². The molecule has 5 aromatic rings. The first-order valence-electron chi connectivity index (χ1n) is 12.9. The lowest BCUT2D eigenvalue weighted by molar-refractivity contribution is 0.100. The van der Waals surface area contributed by atoms with E-state index in [4.69, 9.17) is 39.1 Å². The molecule has 0 saturated heterocycles. The van der Waals surface area contributed by atoms with Crippen molar-refractivity contribution in [1.82, 2.24) is 19.7 Å². The molecule has 2 heterocycles. The van der Waals surface area contributed by atoms with Gasteiger partial charge >= 0.3 is 0 Å². The van der Waals surface area contributed by atoms with Gasteiger partial charge in [-0.05, 0) is 47.4 Å². The van der Waals surface area contributed by atoms with Gasteiger partial charge in [-0.1, -0.05) is 73.4 Å². The number of fused-ring (bicyclic) bond motifs is 1. The van der Waals surface area contributed by atoms with Crippen LogP contribution < -0.4 is 16.4 Å². The number of benzene rings is 3. The van der Waals surface area contributed by atoms with Gasteiger partial charge in [-0.3, -0.25) is 9.59 Å². The molecule has 0 spiro atoms. The van der Waals surface area contributed by atoms with Gasteiger partial charge in [-0.25, -0.2) is 23.2 Å². The standard InChI is InChI=1S/C29H26Cl2N6O4S/c1-3-15(2)25-24-28(37(36-25)26-21(30)13-20(14-22(26)31)42(33,40)41)34-23(35-29(24)39)11-16-7-9-17(10-8-16)18-5-4-6-19(12-18)27(32)38/h4-10,12-15H,3,11H2,1-2H3,(H2,32,38)(H2,33,40,41)(H,34,35,39). The number of nitrogens with two attached hydrogens (primary N) is 2. The minimum atomic E-state index is -4.07. The molecule has 3 aromatic carbocycles. The summed E-state index contributed by atoms with van der Waals surface area (Å²) in [7, 11) is -4.07. The van der Waals surface area contributed by atoms with E-state index >= 15 is 0 Å². The Labute approximate surface area is 251 Å². The Morgan fingerprint density at radius 3 is 2.31 bits per heavy atom. The number of hydrogen-bond acceptors (Lipinski definition) is 6. The van der Waals surface area contributed by atoms with Crippen LogP contribution in [-0.2, 0) is 16.4 Å². The number of primary sulfonamides is 1. The summed E-state index contributed by atoms with van der Waals surface area (Å²) in [5.41, 5.74) is 8.98. The highest BCUT2D eigenvalue weighted by molar-refractivity contribution is 7.89. The van der Waals surface area contributed by atoms with E-state index in [1.807, 2.05) is 44.2 Å². The van der Waals surface area contributed by atoms with Gasteiger partial charge in [0.2, 0.25) is 15.9 Å². The Balaban J connectivity index is 1.59. The third-order valence-corrected chi connectivity index (χ3v) is 8.50. The highest BCUT2D eigenvalue weighted by atomic mass is 35.5. The summed E-state index contributed by atoms with van der Waals surface area (Å²) in [5.74, 6) is -0.219. The van der Waals surface area contributed by atoms with E-state index in [1.165, 1.54) is 16.8 Å². The number of aromatic nitrogens is 4. The highest BCUT2D eigenvalue weighted by Gasteiger charge is 2.25. The highest BCUT2D eigenvalue weighted by Crippen LogP contribution is 2.35. The second kappa shape index (κ2) is 11.3. The number of carbonyl (C=O) groups is 1. The number of sulfonamides is 1. The largest absolute Gasteiger partial charge is 0.366 e. The molecule has 0 bridgehead atoms. The summed E-state index contributed by atoms with van der Waals surface area (Å²) in [5, 5.41) is 10.2. The number of nitrogens with zero attached hydrogens (tertiary/aromatic N) is 3. The average Bonchev–Trinajstić information content (AvgIpc) is 3.32. The zero-order valence-corrected chi connectivity index (χ0v) is 24.9. The van der Waals surface area contributed by atoms with Gasteiger partial charge in [-0.2, -0.15) is 5.10 Å². The molecule has 13 heteroatoms. The number of nitrogens with one attached hydrogen (secondary N) is 1. The van der Waals surface area contributed by atoms with E-state index in [9.17, 15) is 18.0 Å². The lowest BCUT2D eigenvalue weighted by Gasteiger charge is -2.11. The fourth-order valence-electron chi connectivity index (χ4n) is 4.64. The number of aromatic amines is 1. The third-order valence-electron chi connectivity index (χ3n) is 7.03. The lowest BCUT2D eigenvalue weighted by atomic mass is 10.0. The Kier molecular flexibility index (Phi) is 7.95. The van der Waals surface area contributed by atoms with Crippen molar-refractivity contribution in [2.75, 3.05) is 0 Å². The Morgan fingerprint density at radius 2 is 1.71 bits per heavy atom. The smallest absolute Gasteiger partial charge is 0.262 e. The van der Waals surface area contributed by atoms with Crippen molar-refractivity contribution in [3.63, 3.8) is 0 Å². The van der Waals surface area contributed by atoms with Crippen molar-refractivity contribution >= 4 is 50.2 Å². The molecule has 0 saturated carbocycles. The Bertz CT molecular complexity index is 2000.